The summed E-state index contributed by atoms with van der Waals surface area (Å²) in [5, 5.41) is 9.53. The van der Waals surface area contributed by atoms with Crippen molar-refractivity contribution in [3.05, 3.63) is 29.3 Å². The fourth-order valence-electron chi connectivity index (χ4n) is 6.31. The maximum Gasteiger partial charge on any atom is 0.320 e. The predicted octanol–water partition coefficient (Wildman–Crippen LogP) is 3.83. The van der Waals surface area contributed by atoms with Crippen LogP contribution in [-0.4, -0.2) is 58.9 Å². The highest BCUT2D eigenvalue weighted by molar-refractivity contribution is 6.06. The van der Waals surface area contributed by atoms with Gasteiger partial charge in [-0.05, 0) is 83.8 Å². The van der Waals surface area contributed by atoms with E-state index in [4.69, 9.17) is 4.74 Å². The quantitative estimate of drug-likeness (QED) is 0.323. The summed E-state index contributed by atoms with van der Waals surface area (Å²) in [5.41, 5.74) is 2.15. The van der Waals surface area contributed by atoms with Crippen LogP contribution in [0.3, 0.4) is 0 Å². The Morgan fingerprint density at radius 3 is 2.38 bits per heavy atom. The standard InChI is InChI=1S/C30H42N4O5/c1-30(2,3)39-26(36)17-31-19-10-12-20(13-11-19)32-22-6-4-5-21-27(22)23(14-9-18-7-8-18)34(29(21)38)24-15-16-25(35)33-28(24)37/h4-6,18-20,23-24,31-32H,7-17H2,1-3H3,(H,33,35,37)/t19?,20?,23-,24-/m1/s1. The number of hydrogen-bond donors (Lipinski definition) is 3. The largest absolute Gasteiger partial charge is 0.459 e. The van der Waals surface area contributed by atoms with E-state index in [1.807, 2.05) is 32.9 Å². The third-order valence-corrected chi connectivity index (χ3v) is 8.37. The molecule has 0 aromatic heterocycles. The van der Waals surface area contributed by atoms with Crippen LogP contribution < -0.4 is 16.0 Å². The van der Waals surface area contributed by atoms with Crippen LogP contribution in [0.2, 0.25) is 0 Å². The topological polar surface area (TPSA) is 117 Å². The summed E-state index contributed by atoms with van der Waals surface area (Å²) in [5.74, 6) is -0.274. The molecule has 0 spiro atoms. The summed E-state index contributed by atoms with van der Waals surface area (Å²) >= 11 is 0. The minimum atomic E-state index is -0.619. The fraction of sp³-hybridized carbons (Fsp3) is 0.667. The van der Waals surface area contributed by atoms with Crippen molar-refractivity contribution in [2.75, 3.05) is 11.9 Å². The lowest BCUT2D eigenvalue weighted by Crippen LogP contribution is -2.53. The van der Waals surface area contributed by atoms with Crippen LogP contribution in [0.1, 0.15) is 107 Å². The molecular weight excluding hydrogens is 496 g/mol. The van der Waals surface area contributed by atoms with E-state index >= 15 is 0 Å². The number of rotatable bonds is 9. The van der Waals surface area contributed by atoms with Crippen molar-refractivity contribution in [2.45, 2.75) is 115 Å². The average Bonchev–Trinajstić information content (AvgIpc) is 3.66. The number of esters is 1. The first-order valence-electron chi connectivity index (χ1n) is 14.6. The number of benzene rings is 1. The van der Waals surface area contributed by atoms with Gasteiger partial charge in [-0.15, -0.1) is 0 Å². The highest BCUT2D eigenvalue weighted by Gasteiger charge is 2.46. The Bertz CT molecular complexity index is 1120. The number of carbonyl (C=O) groups excluding carboxylic acids is 4. The number of fused-ring (bicyclic) bond motifs is 1. The highest BCUT2D eigenvalue weighted by Crippen LogP contribution is 2.46. The summed E-state index contributed by atoms with van der Waals surface area (Å²) < 4.78 is 5.41. The van der Waals surface area contributed by atoms with E-state index < -0.39 is 11.6 Å². The molecule has 5 rings (SSSR count). The van der Waals surface area contributed by atoms with Crippen molar-refractivity contribution in [3.8, 4) is 0 Å². The smallest absolute Gasteiger partial charge is 0.320 e. The minimum absolute atomic E-state index is 0.112. The van der Waals surface area contributed by atoms with E-state index in [1.54, 1.807) is 4.90 Å². The number of imide groups is 1. The molecule has 3 N–H and O–H groups in total. The molecule has 2 atom stereocenters. The van der Waals surface area contributed by atoms with Crippen LogP contribution in [0.4, 0.5) is 5.69 Å². The molecule has 3 amide bonds. The Hall–Kier alpha value is -2.94. The van der Waals surface area contributed by atoms with E-state index in [0.717, 1.165) is 49.8 Å². The molecule has 2 heterocycles. The number of hydrogen-bond acceptors (Lipinski definition) is 7. The Morgan fingerprint density at radius 1 is 1.00 bits per heavy atom. The third-order valence-electron chi connectivity index (χ3n) is 8.37. The van der Waals surface area contributed by atoms with Crippen molar-refractivity contribution in [1.82, 2.24) is 15.5 Å². The fourth-order valence-corrected chi connectivity index (χ4v) is 6.31. The van der Waals surface area contributed by atoms with Crippen LogP contribution in [0.25, 0.3) is 0 Å². The molecule has 9 heteroatoms. The Morgan fingerprint density at radius 2 is 1.72 bits per heavy atom. The lowest BCUT2D eigenvalue weighted by molar-refractivity contribution is -0.153. The van der Waals surface area contributed by atoms with E-state index in [1.165, 1.54) is 12.8 Å². The van der Waals surface area contributed by atoms with Gasteiger partial charge in [-0.2, -0.15) is 0 Å². The van der Waals surface area contributed by atoms with Crippen LogP contribution in [0.5, 0.6) is 0 Å². The maximum absolute atomic E-state index is 13.7. The average molecular weight is 539 g/mol. The number of amides is 3. The molecule has 1 aromatic carbocycles. The van der Waals surface area contributed by atoms with Gasteiger partial charge in [0.2, 0.25) is 11.8 Å². The van der Waals surface area contributed by atoms with Gasteiger partial charge >= 0.3 is 5.97 Å². The SMILES string of the molecule is CC(C)(C)OC(=O)CNC1CCC(Nc2cccc3c2[C@@H](CCC2CC2)N([C@@H]2CCC(=O)NC2=O)C3=O)CC1. The zero-order chi connectivity index (χ0) is 27.7. The third kappa shape index (κ3) is 6.62. The monoisotopic (exact) mass is 538 g/mol. The Kier molecular flexibility index (Phi) is 7.99. The first-order valence-corrected chi connectivity index (χ1v) is 14.6. The molecular formula is C30H42N4O5. The number of carbonyl (C=O) groups is 4. The second-order valence-electron chi connectivity index (χ2n) is 12.6. The predicted molar refractivity (Wildman–Crippen MR) is 147 cm³/mol. The maximum atomic E-state index is 13.7. The first kappa shape index (κ1) is 27.6. The number of anilines is 1. The molecule has 1 saturated heterocycles. The van der Waals surface area contributed by atoms with Crippen molar-refractivity contribution in [1.29, 1.82) is 0 Å². The van der Waals surface area contributed by atoms with Crippen molar-refractivity contribution in [2.24, 2.45) is 5.92 Å². The minimum Gasteiger partial charge on any atom is -0.459 e. The van der Waals surface area contributed by atoms with Crippen LogP contribution in [0, 0.1) is 5.92 Å². The molecule has 39 heavy (non-hydrogen) atoms. The van der Waals surface area contributed by atoms with Gasteiger partial charge in [0.25, 0.3) is 5.91 Å². The lowest BCUT2D eigenvalue weighted by atomic mass is 9.90. The molecule has 9 nitrogen and oxygen atoms in total. The molecule has 0 unspecified atom stereocenters. The van der Waals surface area contributed by atoms with E-state index in [9.17, 15) is 19.2 Å². The molecule has 0 radical (unpaired) electrons. The second-order valence-corrected chi connectivity index (χ2v) is 12.6. The molecule has 1 aromatic rings. The zero-order valence-electron chi connectivity index (χ0n) is 23.4. The zero-order valence-corrected chi connectivity index (χ0v) is 23.4. The molecule has 2 saturated carbocycles. The molecule has 4 aliphatic rings. The van der Waals surface area contributed by atoms with Gasteiger partial charge < -0.3 is 20.3 Å². The van der Waals surface area contributed by atoms with Crippen molar-refractivity contribution in [3.63, 3.8) is 0 Å². The van der Waals surface area contributed by atoms with Gasteiger partial charge in [0.1, 0.15) is 11.6 Å². The normalized spacial score (nSPS) is 27.3. The molecule has 3 fully saturated rings. The summed E-state index contributed by atoms with van der Waals surface area (Å²) in [4.78, 5) is 52.1. The van der Waals surface area contributed by atoms with Gasteiger partial charge in [0.15, 0.2) is 0 Å². The number of nitrogens with one attached hydrogen (secondary N) is 3. The van der Waals surface area contributed by atoms with E-state index in [2.05, 4.69) is 22.0 Å². The van der Waals surface area contributed by atoms with Gasteiger partial charge in [-0.1, -0.05) is 18.9 Å². The summed E-state index contributed by atoms with van der Waals surface area (Å²) in [6, 6.07) is 5.58. The molecule has 2 aliphatic heterocycles. The summed E-state index contributed by atoms with van der Waals surface area (Å²) in [6.45, 7) is 5.83. The lowest BCUT2D eigenvalue weighted by Gasteiger charge is -2.35. The first-order chi connectivity index (χ1) is 18.6. The Labute approximate surface area is 230 Å². The van der Waals surface area contributed by atoms with E-state index in [-0.39, 0.29) is 54.8 Å². The van der Waals surface area contributed by atoms with E-state index in [0.29, 0.717) is 17.9 Å². The molecule has 0 bridgehead atoms. The molecule has 2 aliphatic carbocycles. The molecule has 212 valence electrons. The van der Waals surface area contributed by atoms with Crippen molar-refractivity contribution < 1.29 is 23.9 Å². The number of ether oxygens (including phenoxy) is 1. The highest BCUT2D eigenvalue weighted by atomic mass is 16.6. The second kappa shape index (κ2) is 11.3. The Balaban J connectivity index is 1.26. The van der Waals surface area contributed by atoms with Crippen LogP contribution in [-0.2, 0) is 19.1 Å². The van der Waals surface area contributed by atoms with Crippen molar-refractivity contribution >= 4 is 29.4 Å². The van der Waals surface area contributed by atoms with Crippen LogP contribution >= 0.6 is 0 Å². The summed E-state index contributed by atoms with van der Waals surface area (Å²) in [6.07, 6.45) is 8.74. The number of nitrogens with zero attached hydrogens (tertiary/aromatic N) is 1. The van der Waals surface area contributed by atoms with Gasteiger partial charge in [-0.3, -0.25) is 24.5 Å². The van der Waals surface area contributed by atoms with Gasteiger partial charge in [-0.25, -0.2) is 0 Å². The summed E-state index contributed by atoms with van der Waals surface area (Å²) in [7, 11) is 0. The van der Waals surface area contributed by atoms with Gasteiger partial charge in [0.05, 0.1) is 12.6 Å². The number of piperidine rings is 1. The van der Waals surface area contributed by atoms with Crippen LogP contribution in [0.15, 0.2) is 18.2 Å². The van der Waals surface area contributed by atoms with Gasteiger partial charge in [0, 0.05) is 35.3 Å².